The lowest BCUT2D eigenvalue weighted by atomic mass is 10.2. The van der Waals surface area contributed by atoms with Gasteiger partial charge in [-0.1, -0.05) is 30.3 Å². The van der Waals surface area contributed by atoms with Gasteiger partial charge in [-0.2, -0.15) is 11.8 Å². The van der Waals surface area contributed by atoms with Crippen LogP contribution in [0.15, 0.2) is 35.3 Å². The Bertz CT molecular complexity index is 331. The molecule has 0 atom stereocenters. The van der Waals surface area contributed by atoms with Gasteiger partial charge in [0.1, 0.15) is 5.84 Å². The fourth-order valence-corrected chi connectivity index (χ4v) is 1.23. The van der Waals surface area contributed by atoms with Crippen LogP contribution in [0.2, 0.25) is 0 Å². The Morgan fingerprint density at radius 2 is 1.93 bits per heavy atom. The molecule has 1 aromatic carbocycles. The van der Waals surface area contributed by atoms with Gasteiger partial charge in [-0.15, -0.1) is 0 Å². The van der Waals surface area contributed by atoms with Gasteiger partial charge in [-0.3, -0.25) is 4.99 Å². The molecule has 0 radical (unpaired) electrons. The van der Waals surface area contributed by atoms with Crippen molar-refractivity contribution in [3.8, 4) is 0 Å². The highest BCUT2D eigenvalue weighted by atomic mass is 32.2. The van der Waals surface area contributed by atoms with E-state index < -0.39 is 0 Å². The van der Waals surface area contributed by atoms with E-state index in [-0.39, 0.29) is 4.75 Å². The Balaban J connectivity index is 2.69. The maximum Gasteiger partial charge on any atom is 0.125 e. The standard InChI is InChI=1S/C12H18N2S/c1-12(2,15-3)9-14-11(13)10-7-5-4-6-8-10/h4-8H,9H2,1-3H3,(H2,13,14). The van der Waals surface area contributed by atoms with E-state index in [4.69, 9.17) is 5.73 Å². The number of rotatable bonds is 4. The Morgan fingerprint density at radius 3 is 2.47 bits per heavy atom. The lowest BCUT2D eigenvalue weighted by Gasteiger charge is -2.19. The van der Waals surface area contributed by atoms with E-state index in [0.717, 1.165) is 12.1 Å². The second-order valence-electron chi connectivity index (χ2n) is 4.03. The zero-order valence-corrected chi connectivity index (χ0v) is 10.3. The average Bonchev–Trinajstić information content (AvgIpc) is 2.27. The fraction of sp³-hybridized carbons (Fsp3) is 0.417. The molecule has 1 rings (SSSR count). The number of hydrogen-bond donors (Lipinski definition) is 1. The van der Waals surface area contributed by atoms with Crippen molar-refractivity contribution in [1.82, 2.24) is 0 Å². The van der Waals surface area contributed by atoms with Gasteiger partial charge < -0.3 is 5.73 Å². The summed E-state index contributed by atoms with van der Waals surface area (Å²) in [6.07, 6.45) is 2.09. The van der Waals surface area contributed by atoms with E-state index in [2.05, 4.69) is 25.1 Å². The fourth-order valence-electron chi connectivity index (χ4n) is 1.04. The minimum absolute atomic E-state index is 0.152. The van der Waals surface area contributed by atoms with Crippen molar-refractivity contribution >= 4 is 17.6 Å². The van der Waals surface area contributed by atoms with Crippen LogP contribution < -0.4 is 5.73 Å². The van der Waals surface area contributed by atoms with Crippen molar-refractivity contribution < 1.29 is 0 Å². The van der Waals surface area contributed by atoms with E-state index >= 15 is 0 Å². The van der Waals surface area contributed by atoms with Crippen LogP contribution in [0.3, 0.4) is 0 Å². The minimum Gasteiger partial charge on any atom is -0.384 e. The van der Waals surface area contributed by atoms with Gasteiger partial charge in [-0.05, 0) is 20.1 Å². The summed E-state index contributed by atoms with van der Waals surface area (Å²) in [6, 6.07) is 9.87. The monoisotopic (exact) mass is 222 g/mol. The third-order valence-electron chi connectivity index (χ3n) is 2.25. The number of hydrogen-bond acceptors (Lipinski definition) is 2. The number of amidine groups is 1. The molecular formula is C12H18N2S. The van der Waals surface area contributed by atoms with E-state index in [1.165, 1.54) is 0 Å². The lowest BCUT2D eigenvalue weighted by molar-refractivity contribution is 0.726. The summed E-state index contributed by atoms with van der Waals surface area (Å²) in [7, 11) is 0. The van der Waals surface area contributed by atoms with Crippen molar-refractivity contribution in [3.63, 3.8) is 0 Å². The van der Waals surface area contributed by atoms with Crippen LogP contribution in [0, 0.1) is 0 Å². The molecule has 15 heavy (non-hydrogen) atoms. The van der Waals surface area contributed by atoms with E-state index in [9.17, 15) is 0 Å². The first kappa shape index (κ1) is 12.1. The maximum atomic E-state index is 5.90. The molecule has 0 aliphatic heterocycles. The summed E-state index contributed by atoms with van der Waals surface area (Å²) in [5, 5.41) is 0. The third-order valence-corrected chi connectivity index (χ3v) is 3.49. The Hall–Kier alpha value is -0.960. The number of nitrogens with two attached hydrogens (primary N) is 1. The first-order chi connectivity index (χ1) is 7.05. The van der Waals surface area contributed by atoms with Crippen molar-refractivity contribution in [2.24, 2.45) is 10.7 Å². The van der Waals surface area contributed by atoms with Gasteiger partial charge in [0.15, 0.2) is 0 Å². The number of thioether (sulfide) groups is 1. The molecular weight excluding hydrogens is 204 g/mol. The average molecular weight is 222 g/mol. The van der Waals surface area contributed by atoms with Gasteiger partial charge in [0.05, 0.1) is 6.54 Å². The largest absolute Gasteiger partial charge is 0.384 e. The van der Waals surface area contributed by atoms with Crippen LogP contribution in [0.4, 0.5) is 0 Å². The summed E-state index contributed by atoms with van der Waals surface area (Å²) < 4.78 is 0.152. The second kappa shape index (κ2) is 5.21. The molecule has 0 spiro atoms. The van der Waals surface area contributed by atoms with Crippen molar-refractivity contribution in [3.05, 3.63) is 35.9 Å². The van der Waals surface area contributed by atoms with E-state index in [1.54, 1.807) is 11.8 Å². The van der Waals surface area contributed by atoms with Crippen LogP contribution in [0.5, 0.6) is 0 Å². The zero-order valence-electron chi connectivity index (χ0n) is 9.53. The summed E-state index contributed by atoms with van der Waals surface area (Å²) in [5.41, 5.74) is 6.89. The highest BCUT2D eigenvalue weighted by Gasteiger charge is 2.14. The number of aliphatic imine (C=N–C) groups is 1. The molecule has 0 bridgehead atoms. The van der Waals surface area contributed by atoms with Gasteiger partial charge in [0, 0.05) is 10.3 Å². The molecule has 1 aromatic rings. The summed E-state index contributed by atoms with van der Waals surface area (Å²) in [5.74, 6) is 0.623. The van der Waals surface area contributed by atoms with Crippen LogP contribution in [0.1, 0.15) is 19.4 Å². The predicted octanol–water partition coefficient (Wildman–Crippen LogP) is 2.53. The van der Waals surface area contributed by atoms with Crippen molar-refractivity contribution in [2.75, 3.05) is 12.8 Å². The molecule has 2 nitrogen and oxygen atoms in total. The molecule has 0 aliphatic rings. The Morgan fingerprint density at radius 1 is 1.33 bits per heavy atom. The van der Waals surface area contributed by atoms with Crippen molar-refractivity contribution in [2.45, 2.75) is 18.6 Å². The van der Waals surface area contributed by atoms with Gasteiger partial charge in [0.25, 0.3) is 0 Å². The van der Waals surface area contributed by atoms with Gasteiger partial charge in [-0.25, -0.2) is 0 Å². The zero-order chi connectivity index (χ0) is 11.3. The second-order valence-corrected chi connectivity index (χ2v) is 5.54. The smallest absolute Gasteiger partial charge is 0.125 e. The van der Waals surface area contributed by atoms with Crippen LogP contribution >= 0.6 is 11.8 Å². The van der Waals surface area contributed by atoms with Crippen LogP contribution in [0.25, 0.3) is 0 Å². The molecule has 0 saturated heterocycles. The Kier molecular flexibility index (Phi) is 4.21. The maximum absolute atomic E-state index is 5.90. The highest BCUT2D eigenvalue weighted by molar-refractivity contribution is 7.99. The lowest BCUT2D eigenvalue weighted by Crippen LogP contribution is -2.22. The first-order valence-corrected chi connectivity index (χ1v) is 6.18. The molecule has 2 N–H and O–H groups in total. The van der Waals surface area contributed by atoms with E-state index in [1.807, 2.05) is 30.3 Å². The predicted molar refractivity (Wildman–Crippen MR) is 69.6 cm³/mol. The summed E-state index contributed by atoms with van der Waals surface area (Å²) in [6.45, 7) is 5.08. The number of nitrogens with zero attached hydrogens (tertiary/aromatic N) is 1. The normalized spacial score (nSPS) is 12.9. The molecule has 3 heteroatoms. The van der Waals surface area contributed by atoms with Crippen molar-refractivity contribution in [1.29, 1.82) is 0 Å². The SMILES string of the molecule is CSC(C)(C)CN=C(N)c1ccccc1. The minimum atomic E-state index is 0.152. The van der Waals surface area contributed by atoms with E-state index in [0.29, 0.717) is 5.84 Å². The number of benzene rings is 1. The summed E-state index contributed by atoms with van der Waals surface area (Å²) in [4.78, 5) is 4.41. The summed E-state index contributed by atoms with van der Waals surface area (Å²) >= 11 is 1.80. The van der Waals surface area contributed by atoms with Crippen LogP contribution in [-0.2, 0) is 0 Å². The van der Waals surface area contributed by atoms with Gasteiger partial charge >= 0.3 is 0 Å². The first-order valence-electron chi connectivity index (χ1n) is 4.96. The molecule has 0 aromatic heterocycles. The molecule has 0 saturated carbocycles. The van der Waals surface area contributed by atoms with Crippen LogP contribution in [-0.4, -0.2) is 23.4 Å². The Labute approximate surface area is 96.0 Å². The molecule has 82 valence electrons. The molecule has 0 amide bonds. The highest BCUT2D eigenvalue weighted by Crippen LogP contribution is 2.21. The van der Waals surface area contributed by atoms with Gasteiger partial charge in [0.2, 0.25) is 0 Å². The molecule has 0 aliphatic carbocycles. The molecule has 0 fully saturated rings. The molecule has 0 unspecified atom stereocenters. The third kappa shape index (κ3) is 3.96. The molecule has 0 heterocycles. The quantitative estimate of drug-likeness (QED) is 0.628. The topological polar surface area (TPSA) is 38.4 Å².